The summed E-state index contributed by atoms with van der Waals surface area (Å²) >= 11 is 0. The number of ether oxygens (including phenoxy) is 2. The van der Waals surface area contributed by atoms with E-state index in [0.29, 0.717) is 36.7 Å². The van der Waals surface area contributed by atoms with E-state index in [1.54, 1.807) is 36.4 Å². The van der Waals surface area contributed by atoms with Gasteiger partial charge in [0.2, 0.25) is 0 Å². The number of rotatable bonds is 9. The lowest BCUT2D eigenvalue weighted by Gasteiger charge is -2.25. The number of benzene rings is 2. The van der Waals surface area contributed by atoms with Crippen LogP contribution in [0.3, 0.4) is 0 Å². The zero-order chi connectivity index (χ0) is 23.9. The number of furan rings is 1. The Kier molecular flexibility index (Phi) is 7.07. The summed E-state index contributed by atoms with van der Waals surface area (Å²) < 4.78 is 16.6. The van der Waals surface area contributed by atoms with Crippen LogP contribution < -0.4 is 14.8 Å². The summed E-state index contributed by atoms with van der Waals surface area (Å²) in [5.41, 5.74) is 1.68. The van der Waals surface area contributed by atoms with Crippen LogP contribution >= 0.6 is 0 Å². The fourth-order valence-corrected chi connectivity index (χ4v) is 3.30. The molecular formula is C26H24N2O6. The van der Waals surface area contributed by atoms with Crippen LogP contribution in [-0.2, 0) is 16.1 Å². The van der Waals surface area contributed by atoms with Gasteiger partial charge in [-0.2, -0.15) is 0 Å². The molecule has 0 aliphatic carbocycles. The van der Waals surface area contributed by atoms with E-state index in [2.05, 4.69) is 5.32 Å². The van der Waals surface area contributed by atoms with Crippen molar-refractivity contribution in [2.45, 2.75) is 19.9 Å². The van der Waals surface area contributed by atoms with E-state index in [1.165, 1.54) is 17.9 Å². The third-order valence-corrected chi connectivity index (χ3v) is 5.12. The molecule has 1 aromatic heterocycles. The van der Waals surface area contributed by atoms with E-state index in [0.717, 1.165) is 10.6 Å². The molecule has 0 saturated carbocycles. The van der Waals surface area contributed by atoms with Crippen LogP contribution in [0.2, 0.25) is 0 Å². The highest BCUT2D eigenvalue weighted by molar-refractivity contribution is 6.30. The van der Waals surface area contributed by atoms with Gasteiger partial charge in [-0.15, -0.1) is 0 Å². The summed E-state index contributed by atoms with van der Waals surface area (Å²) in [5.74, 6) is 0.502. The molecular weight excluding hydrogens is 436 g/mol. The van der Waals surface area contributed by atoms with E-state index >= 15 is 0 Å². The molecule has 2 aromatic carbocycles. The normalized spacial score (nSPS) is 14.9. The van der Waals surface area contributed by atoms with E-state index in [-0.39, 0.29) is 12.1 Å². The van der Waals surface area contributed by atoms with Gasteiger partial charge in [-0.3, -0.25) is 19.8 Å². The second kappa shape index (κ2) is 10.5. The molecule has 0 bridgehead atoms. The number of imide groups is 2. The number of aryl methyl sites for hydroxylation is 1. The number of nitrogens with one attached hydrogen (secondary N) is 1. The maximum Gasteiger partial charge on any atom is 0.331 e. The second-order valence-corrected chi connectivity index (χ2v) is 7.72. The van der Waals surface area contributed by atoms with Crippen LogP contribution in [0.1, 0.15) is 23.3 Å². The van der Waals surface area contributed by atoms with Crippen molar-refractivity contribution >= 4 is 23.9 Å². The van der Waals surface area contributed by atoms with Crippen molar-refractivity contribution in [2.75, 3.05) is 13.2 Å². The number of urea groups is 1. The van der Waals surface area contributed by atoms with Gasteiger partial charge in [0, 0.05) is 6.42 Å². The van der Waals surface area contributed by atoms with Gasteiger partial charge in [0.05, 0.1) is 26.0 Å². The summed E-state index contributed by atoms with van der Waals surface area (Å²) in [4.78, 5) is 38.0. The van der Waals surface area contributed by atoms with Crippen LogP contribution in [-0.4, -0.2) is 36.0 Å². The highest BCUT2D eigenvalue weighted by Crippen LogP contribution is 2.19. The Labute approximate surface area is 196 Å². The second-order valence-electron chi connectivity index (χ2n) is 7.72. The van der Waals surface area contributed by atoms with Crippen LogP contribution in [0, 0.1) is 6.92 Å². The number of amides is 4. The van der Waals surface area contributed by atoms with Crippen molar-refractivity contribution in [1.82, 2.24) is 10.2 Å². The molecule has 0 unspecified atom stereocenters. The van der Waals surface area contributed by atoms with Gasteiger partial charge < -0.3 is 13.9 Å². The van der Waals surface area contributed by atoms with Gasteiger partial charge in [-0.05, 0) is 55.0 Å². The molecule has 4 amide bonds. The summed E-state index contributed by atoms with van der Waals surface area (Å²) in [6, 6.07) is 17.4. The van der Waals surface area contributed by atoms with Gasteiger partial charge in [-0.25, -0.2) is 4.79 Å². The molecule has 3 aromatic rings. The Morgan fingerprint density at radius 2 is 1.56 bits per heavy atom. The SMILES string of the molecule is Cc1ccc(OCCCOc2ccc(/C=C3/C(=O)NC(=O)N(Cc4ccco4)C3=O)cc2)cc1. The standard InChI is InChI=1S/C26H24N2O6/c1-18-5-9-20(10-6-18)32-14-3-15-33-21-11-7-19(8-12-21)16-23-24(29)27-26(31)28(25(23)30)17-22-4-2-13-34-22/h2,4-13,16H,3,14-15,17H2,1H3,(H,27,29,31)/b23-16-. The predicted molar refractivity (Wildman–Crippen MR) is 124 cm³/mol. The lowest BCUT2D eigenvalue weighted by atomic mass is 10.1. The Balaban J connectivity index is 1.31. The molecule has 0 atom stereocenters. The average Bonchev–Trinajstić information content (AvgIpc) is 3.35. The van der Waals surface area contributed by atoms with E-state index in [4.69, 9.17) is 13.9 Å². The molecule has 2 heterocycles. The van der Waals surface area contributed by atoms with Gasteiger partial charge in [0.25, 0.3) is 11.8 Å². The van der Waals surface area contributed by atoms with Crippen molar-refractivity contribution in [3.8, 4) is 11.5 Å². The molecule has 0 spiro atoms. The van der Waals surface area contributed by atoms with Crippen LogP contribution in [0.15, 0.2) is 76.9 Å². The van der Waals surface area contributed by atoms with Crippen molar-refractivity contribution in [3.63, 3.8) is 0 Å². The van der Waals surface area contributed by atoms with Crippen LogP contribution in [0.5, 0.6) is 11.5 Å². The summed E-state index contributed by atoms with van der Waals surface area (Å²) in [7, 11) is 0. The predicted octanol–water partition coefficient (Wildman–Crippen LogP) is 4.10. The molecule has 1 aliphatic rings. The summed E-state index contributed by atoms with van der Waals surface area (Å²) in [5, 5.41) is 2.19. The van der Waals surface area contributed by atoms with E-state index < -0.39 is 17.8 Å². The fourth-order valence-electron chi connectivity index (χ4n) is 3.30. The zero-order valence-electron chi connectivity index (χ0n) is 18.7. The number of hydrogen-bond donors (Lipinski definition) is 1. The highest BCUT2D eigenvalue weighted by Gasteiger charge is 2.36. The van der Waals surface area contributed by atoms with Crippen molar-refractivity contribution in [1.29, 1.82) is 0 Å². The Bertz CT molecular complexity index is 1180. The number of nitrogens with zero attached hydrogens (tertiary/aromatic N) is 1. The van der Waals surface area contributed by atoms with Crippen molar-refractivity contribution in [2.24, 2.45) is 0 Å². The number of barbiturate groups is 1. The van der Waals surface area contributed by atoms with Gasteiger partial charge in [0.1, 0.15) is 22.8 Å². The minimum absolute atomic E-state index is 0.0668. The monoisotopic (exact) mass is 460 g/mol. The largest absolute Gasteiger partial charge is 0.493 e. The quantitative estimate of drug-likeness (QED) is 0.293. The summed E-state index contributed by atoms with van der Waals surface area (Å²) in [6.45, 7) is 2.98. The first-order chi connectivity index (χ1) is 16.5. The molecule has 8 heteroatoms. The molecule has 174 valence electrons. The van der Waals surface area contributed by atoms with Crippen molar-refractivity contribution in [3.05, 3.63) is 89.4 Å². The zero-order valence-corrected chi connectivity index (χ0v) is 18.7. The molecule has 34 heavy (non-hydrogen) atoms. The minimum Gasteiger partial charge on any atom is -0.493 e. The maximum atomic E-state index is 12.8. The van der Waals surface area contributed by atoms with Gasteiger partial charge >= 0.3 is 6.03 Å². The smallest absolute Gasteiger partial charge is 0.331 e. The number of hydrogen-bond acceptors (Lipinski definition) is 6. The molecule has 8 nitrogen and oxygen atoms in total. The molecule has 1 saturated heterocycles. The molecule has 1 fully saturated rings. The molecule has 1 aliphatic heterocycles. The maximum absolute atomic E-state index is 12.8. The Morgan fingerprint density at radius 3 is 2.18 bits per heavy atom. The first-order valence-corrected chi connectivity index (χ1v) is 10.8. The first-order valence-electron chi connectivity index (χ1n) is 10.8. The third kappa shape index (κ3) is 5.72. The topological polar surface area (TPSA) is 98.1 Å². The van der Waals surface area contributed by atoms with Gasteiger partial charge in [-0.1, -0.05) is 29.8 Å². The minimum atomic E-state index is -0.779. The Morgan fingerprint density at radius 1 is 0.912 bits per heavy atom. The highest BCUT2D eigenvalue weighted by atomic mass is 16.5. The first kappa shape index (κ1) is 22.8. The molecule has 1 N–H and O–H groups in total. The van der Waals surface area contributed by atoms with E-state index in [9.17, 15) is 14.4 Å². The fraction of sp³-hybridized carbons (Fsp3) is 0.192. The van der Waals surface area contributed by atoms with Gasteiger partial charge in [0.15, 0.2) is 0 Å². The Hall–Kier alpha value is -4.33. The van der Waals surface area contributed by atoms with Crippen LogP contribution in [0.25, 0.3) is 6.08 Å². The number of carbonyl (C=O) groups is 3. The lowest BCUT2D eigenvalue weighted by molar-refractivity contribution is -0.130. The van der Waals surface area contributed by atoms with Crippen LogP contribution in [0.4, 0.5) is 4.79 Å². The average molecular weight is 460 g/mol. The van der Waals surface area contributed by atoms with E-state index in [1.807, 2.05) is 31.2 Å². The third-order valence-electron chi connectivity index (χ3n) is 5.12. The molecule has 4 rings (SSSR count). The lowest BCUT2D eigenvalue weighted by Crippen LogP contribution is -2.53. The molecule has 0 radical (unpaired) electrons. The number of carbonyl (C=O) groups excluding carboxylic acids is 3. The van der Waals surface area contributed by atoms with Crippen molar-refractivity contribution < 1.29 is 28.3 Å². The summed E-state index contributed by atoms with van der Waals surface area (Å²) in [6.07, 6.45) is 3.61.